The first kappa shape index (κ1) is 14.2. The van der Waals surface area contributed by atoms with Crippen molar-refractivity contribution in [1.82, 2.24) is 0 Å². The van der Waals surface area contributed by atoms with Crippen molar-refractivity contribution in [3.05, 3.63) is 41.7 Å². The average molecular weight is 277 g/mol. The summed E-state index contributed by atoms with van der Waals surface area (Å²) in [5.74, 6) is -3.12. The molecule has 2 atom stereocenters. The van der Waals surface area contributed by atoms with E-state index in [0.717, 1.165) is 0 Å². The summed E-state index contributed by atoms with van der Waals surface area (Å²) in [6, 6.07) is 4.41. The fourth-order valence-corrected chi connectivity index (χ4v) is 2.28. The quantitative estimate of drug-likeness (QED) is 0.835. The number of hydrogen-bond acceptors (Lipinski definition) is 2. The Morgan fingerprint density at radius 3 is 2.50 bits per heavy atom. The van der Waals surface area contributed by atoms with Crippen LogP contribution < -0.4 is 5.32 Å². The lowest BCUT2D eigenvalue weighted by atomic mass is 9.82. The minimum absolute atomic E-state index is 0.343. The molecule has 1 amide bonds. The minimum Gasteiger partial charge on any atom is -0.481 e. The van der Waals surface area contributed by atoms with Gasteiger partial charge in [0, 0.05) is 5.69 Å². The first-order chi connectivity index (χ1) is 9.49. The number of benzene rings is 1. The molecule has 0 bridgehead atoms. The number of aryl methyl sites for hydroxylation is 1. The van der Waals surface area contributed by atoms with Crippen molar-refractivity contribution in [2.24, 2.45) is 11.8 Å². The van der Waals surface area contributed by atoms with Gasteiger partial charge in [0.1, 0.15) is 5.82 Å². The van der Waals surface area contributed by atoms with E-state index in [1.54, 1.807) is 31.2 Å². The normalized spacial score (nSPS) is 21.5. The van der Waals surface area contributed by atoms with Crippen molar-refractivity contribution < 1.29 is 19.1 Å². The molecule has 1 aromatic carbocycles. The highest BCUT2D eigenvalue weighted by molar-refractivity contribution is 5.95. The SMILES string of the molecule is Cc1ccc(NC(=O)[C@H]2CC=CC[C@H]2C(=O)O)cc1F. The summed E-state index contributed by atoms with van der Waals surface area (Å²) in [6.45, 7) is 1.63. The largest absolute Gasteiger partial charge is 0.481 e. The van der Waals surface area contributed by atoms with Crippen molar-refractivity contribution in [3.8, 4) is 0 Å². The molecule has 0 fully saturated rings. The van der Waals surface area contributed by atoms with Gasteiger partial charge in [-0.25, -0.2) is 4.39 Å². The molecule has 0 aliphatic heterocycles. The molecule has 2 N–H and O–H groups in total. The van der Waals surface area contributed by atoms with Crippen LogP contribution in [0.5, 0.6) is 0 Å². The van der Waals surface area contributed by atoms with Crippen LogP contribution in [0.4, 0.5) is 10.1 Å². The molecule has 1 aliphatic carbocycles. The van der Waals surface area contributed by atoms with Crippen LogP contribution in [0.15, 0.2) is 30.4 Å². The van der Waals surface area contributed by atoms with Crippen LogP contribution in [0.3, 0.4) is 0 Å². The molecular weight excluding hydrogens is 261 g/mol. The number of nitrogens with one attached hydrogen (secondary N) is 1. The van der Waals surface area contributed by atoms with Crippen LogP contribution in [0, 0.1) is 24.6 Å². The predicted octanol–water partition coefficient (Wildman–Crippen LogP) is 2.74. The number of hydrogen-bond donors (Lipinski definition) is 2. The van der Waals surface area contributed by atoms with Crippen LogP contribution in [-0.2, 0) is 9.59 Å². The van der Waals surface area contributed by atoms with Crippen molar-refractivity contribution in [2.75, 3.05) is 5.32 Å². The lowest BCUT2D eigenvalue weighted by Gasteiger charge is -2.24. The van der Waals surface area contributed by atoms with E-state index in [0.29, 0.717) is 24.1 Å². The van der Waals surface area contributed by atoms with E-state index >= 15 is 0 Å². The number of amides is 1. The first-order valence-corrected chi connectivity index (χ1v) is 6.44. The maximum absolute atomic E-state index is 13.4. The molecule has 0 unspecified atom stereocenters. The van der Waals surface area contributed by atoms with Crippen LogP contribution >= 0.6 is 0 Å². The van der Waals surface area contributed by atoms with E-state index in [4.69, 9.17) is 5.11 Å². The Balaban J connectivity index is 2.12. The third kappa shape index (κ3) is 3.04. The molecule has 1 aliphatic rings. The highest BCUT2D eigenvalue weighted by Gasteiger charge is 2.33. The third-order valence-corrected chi connectivity index (χ3v) is 3.53. The smallest absolute Gasteiger partial charge is 0.307 e. The first-order valence-electron chi connectivity index (χ1n) is 6.44. The number of carbonyl (C=O) groups excluding carboxylic acids is 1. The molecule has 106 valence electrons. The second-order valence-corrected chi connectivity index (χ2v) is 4.95. The summed E-state index contributed by atoms with van der Waals surface area (Å²) in [4.78, 5) is 23.3. The van der Waals surface area contributed by atoms with Crippen molar-refractivity contribution in [1.29, 1.82) is 0 Å². The maximum atomic E-state index is 13.4. The fourth-order valence-electron chi connectivity index (χ4n) is 2.28. The van der Waals surface area contributed by atoms with E-state index in [1.165, 1.54) is 6.07 Å². The Labute approximate surface area is 116 Å². The number of carbonyl (C=O) groups is 2. The van der Waals surface area contributed by atoms with Gasteiger partial charge in [-0.15, -0.1) is 0 Å². The van der Waals surface area contributed by atoms with Gasteiger partial charge in [-0.05, 0) is 37.5 Å². The van der Waals surface area contributed by atoms with E-state index < -0.39 is 23.6 Å². The second kappa shape index (κ2) is 5.86. The number of anilines is 1. The molecule has 1 aromatic rings. The zero-order valence-electron chi connectivity index (χ0n) is 11.1. The maximum Gasteiger partial charge on any atom is 0.307 e. The van der Waals surface area contributed by atoms with Gasteiger partial charge in [0.05, 0.1) is 11.8 Å². The number of allylic oxidation sites excluding steroid dienone is 2. The molecule has 0 aromatic heterocycles. The molecule has 0 heterocycles. The summed E-state index contributed by atoms with van der Waals surface area (Å²) in [5.41, 5.74) is 0.837. The number of carboxylic acids is 1. The van der Waals surface area contributed by atoms with Crippen molar-refractivity contribution in [2.45, 2.75) is 19.8 Å². The van der Waals surface area contributed by atoms with Gasteiger partial charge in [-0.1, -0.05) is 18.2 Å². The summed E-state index contributed by atoms with van der Waals surface area (Å²) in [5, 5.41) is 11.7. The molecule has 4 nitrogen and oxygen atoms in total. The Morgan fingerprint density at radius 2 is 1.90 bits per heavy atom. The van der Waals surface area contributed by atoms with Crippen LogP contribution in [-0.4, -0.2) is 17.0 Å². The average Bonchev–Trinajstić information content (AvgIpc) is 2.43. The van der Waals surface area contributed by atoms with Crippen LogP contribution in [0.1, 0.15) is 18.4 Å². The Bertz CT molecular complexity index is 568. The van der Waals surface area contributed by atoms with Gasteiger partial charge in [-0.2, -0.15) is 0 Å². The number of rotatable bonds is 3. The molecule has 20 heavy (non-hydrogen) atoms. The van der Waals surface area contributed by atoms with Crippen molar-refractivity contribution >= 4 is 17.6 Å². The molecule has 0 saturated carbocycles. The predicted molar refractivity (Wildman–Crippen MR) is 72.8 cm³/mol. The highest BCUT2D eigenvalue weighted by Crippen LogP contribution is 2.27. The zero-order valence-corrected chi connectivity index (χ0v) is 11.1. The van der Waals surface area contributed by atoms with Crippen LogP contribution in [0.2, 0.25) is 0 Å². The summed E-state index contributed by atoms with van der Waals surface area (Å²) in [6.07, 6.45) is 4.31. The van der Waals surface area contributed by atoms with Crippen LogP contribution in [0.25, 0.3) is 0 Å². The van der Waals surface area contributed by atoms with Gasteiger partial charge in [0.2, 0.25) is 5.91 Å². The number of halogens is 1. The van der Waals surface area contributed by atoms with Crippen molar-refractivity contribution in [3.63, 3.8) is 0 Å². The van der Waals surface area contributed by atoms with E-state index in [9.17, 15) is 14.0 Å². The fraction of sp³-hybridized carbons (Fsp3) is 0.333. The molecule has 0 radical (unpaired) electrons. The Morgan fingerprint density at radius 1 is 1.25 bits per heavy atom. The third-order valence-electron chi connectivity index (χ3n) is 3.53. The molecule has 5 heteroatoms. The lowest BCUT2D eigenvalue weighted by molar-refractivity contribution is -0.146. The second-order valence-electron chi connectivity index (χ2n) is 4.95. The Kier molecular flexibility index (Phi) is 4.17. The van der Waals surface area contributed by atoms with Gasteiger partial charge in [0.15, 0.2) is 0 Å². The molecule has 0 spiro atoms. The van der Waals surface area contributed by atoms with E-state index in [2.05, 4.69) is 5.32 Å². The van der Waals surface area contributed by atoms with Gasteiger partial charge in [-0.3, -0.25) is 9.59 Å². The zero-order chi connectivity index (χ0) is 14.7. The lowest BCUT2D eigenvalue weighted by Crippen LogP contribution is -2.34. The topological polar surface area (TPSA) is 66.4 Å². The van der Waals surface area contributed by atoms with Gasteiger partial charge < -0.3 is 10.4 Å². The standard InChI is InChI=1S/C15H16FNO3/c1-9-6-7-10(8-13(9)16)17-14(18)11-4-2-3-5-12(11)15(19)20/h2-3,6-8,11-12H,4-5H2,1H3,(H,17,18)(H,19,20)/t11-,12+/m0/s1. The van der Waals surface area contributed by atoms with E-state index in [1.807, 2.05) is 0 Å². The van der Waals surface area contributed by atoms with Gasteiger partial charge >= 0.3 is 5.97 Å². The van der Waals surface area contributed by atoms with E-state index in [-0.39, 0.29) is 5.91 Å². The monoisotopic (exact) mass is 277 g/mol. The summed E-state index contributed by atoms with van der Waals surface area (Å²) in [7, 11) is 0. The molecular formula is C15H16FNO3. The molecule has 0 saturated heterocycles. The Hall–Kier alpha value is -2.17. The highest BCUT2D eigenvalue weighted by atomic mass is 19.1. The number of carboxylic acid groups (broad SMARTS) is 1. The summed E-state index contributed by atoms with van der Waals surface area (Å²) < 4.78 is 13.4. The minimum atomic E-state index is -0.982. The van der Waals surface area contributed by atoms with Gasteiger partial charge in [0.25, 0.3) is 0 Å². The molecule has 2 rings (SSSR count). The number of aliphatic carboxylic acids is 1. The summed E-state index contributed by atoms with van der Waals surface area (Å²) >= 11 is 0.